The number of furan rings is 1. The number of rotatable bonds is 4. The average molecular weight is 312 g/mol. The summed E-state index contributed by atoms with van der Waals surface area (Å²) >= 11 is 11.7. The van der Waals surface area contributed by atoms with E-state index in [0.717, 1.165) is 5.56 Å². The number of amides is 1. The monoisotopic (exact) mass is 311 g/mol. The lowest BCUT2D eigenvalue weighted by atomic mass is 9.96. The Balaban J connectivity index is 2.20. The Kier molecular flexibility index (Phi) is 4.73. The molecule has 106 valence electrons. The highest BCUT2D eigenvalue weighted by atomic mass is 35.5. The number of halogens is 2. The molecule has 1 unspecified atom stereocenters. The highest BCUT2D eigenvalue weighted by Crippen LogP contribution is 2.25. The van der Waals surface area contributed by atoms with E-state index in [0.29, 0.717) is 10.6 Å². The smallest absolute Gasteiger partial charge is 0.256 e. The second kappa shape index (κ2) is 6.33. The van der Waals surface area contributed by atoms with E-state index < -0.39 is 0 Å². The Labute approximate surface area is 127 Å². The minimum atomic E-state index is -0.252. The van der Waals surface area contributed by atoms with Gasteiger partial charge in [0, 0.05) is 5.02 Å². The third kappa shape index (κ3) is 3.35. The standard InChI is InChI=1S/C15H15Cl2NO2/c1-9(2)13(10-3-5-11(16)6-4-10)18-15(19)12-7-8-20-14(12)17/h3-9,13H,1-2H3,(H,18,19). The van der Waals surface area contributed by atoms with Crippen LogP contribution in [0.4, 0.5) is 0 Å². The quantitative estimate of drug-likeness (QED) is 0.888. The van der Waals surface area contributed by atoms with Gasteiger partial charge in [0.15, 0.2) is 0 Å². The van der Waals surface area contributed by atoms with Gasteiger partial charge >= 0.3 is 0 Å². The van der Waals surface area contributed by atoms with Gasteiger partial charge in [0.1, 0.15) is 0 Å². The van der Waals surface area contributed by atoms with Gasteiger partial charge in [-0.25, -0.2) is 0 Å². The summed E-state index contributed by atoms with van der Waals surface area (Å²) in [6.07, 6.45) is 1.39. The van der Waals surface area contributed by atoms with Crippen molar-refractivity contribution in [3.05, 3.63) is 58.0 Å². The molecule has 20 heavy (non-hydrogen) atoms. The Morgan fingerprint density at radius 2 is 1.80 bits per heavy atom. The maximum Gasteiger partial charge on any atom is 0.256 e. The lowest BCUT2D eigenvalue weighted by molar-refractivity contribution is 0.0925. The van der Waals surface area contributed by atoms with E-state index in [1.807, 2.05) is 38.1 Å². The molecule has 1 aromatic heterocycles. The predicted octanol–water partition coefficient (Wildman–Crippen LogP) is 4.71. The van der Waals surface area contributed by atoms with Crippen molar-refractivity contribution in [1.29, 1.82) is 0 Å². The second-order valence-electron chi connectivity index (χ2n) is 4.85. The molecule has 0 spiro atoms. The van der Waals surface area contributed by atoms with Gasteiger partial charge in [0.05, 0.1) is 17.9 Å². The predicted molar refractivity (Wildman–Crippen MR) is 80.2 cm³/mol. The molecule has 0 aliphatic heterocycles. The second-order valence-corrected chi connectivity index (χ2v) is 5.63. The summed E-state index contributed by atoms with van der Waals surface area (Å²) in [5.74, 6) is -0.0248. The van der Waals surface area contributed by atoms with Crippen LogP contribution in [0.3, 0.4) is 0 Å². The molecule has 1 N–H and O–H groups in total. The lowest BCUT2D eigenvalue weighted by Crippen LogP contribution is -2.31. The van der Waals surface area contributed by atoms with Gasteiger partial charge in [-0.05, 0) is 41.3 Å². The molecule has 0 bridgehead atoms. The van der Waals surface area contributed by atoms with Crippen LogP contribution in [-0.4, -0.2) is 5.91 Å². The molecule has 0 aliphatic carbocycles. The fourth-order valence-electron chi connectivity index (χ4n) is 1.98. The number of hydrogen-bond donors (Lipinski definition) is 1. The third-order valence-electron chi connectivity index (χ3n) is 3.04. The van der Waals surface area contributed by atoms with Crippen molar-refractivity contribution in [3.63, 3.8) is 0 Å². The van der Waals surface area contributed by atoms with Gasteiger partial charge in [0.25, 0.3) is 5.91 Å². The molecule has 1 aromatic carbocycles. The molecule has 0 fully saturated rings. The molecule has 1 amide bonds. The third-order valence-corrected chi connectivity index (χ3v) is 3.59. The zero-order chi connectivity index (χ0) is 14.7. The first kappa shape index (κ1) is 14.9. The molecule has 0 radical (unpaired) electrons. The summed E-state index contributed by atoms with van der Waals surface area (Å²) in [7, 11) is 0. The number of carbonyl (C=O) groups is 1. The zero-order valence-electron chi connectivity index (χ0n) is 11.2. The van der Waals surface area contributed by atoms with Crippen LogP contribution in [0.1, 0.15) is 35.8 Å². The maximum absolute atomic E-state index is 12.2. The minimum Gasteiger partial charge on any atom is -0.452 e. The Morgan fingerprint density at radius 3 is 2.30 bits per heavy atom. The highest BCUT2D eigenvalue weighted by molar-refractivity contribution is 6.32. The summed E-state index contributed by atoms with van der Waals surface area (Å²) in [4.78, 5) is 12.2. The van der Waals surface area contributed by atoms with Crippen LogP contribution in [0, 0.1) is 5.92 Å². The normalized spacial score (nSPS) is 12.4. The SMILES string of the molecule is CC(C)C(NC(=O)c1ccoc1Cl)c1ccc(Cl)cc1. The number of carbonyl (C=O) groups excluding carboxylic acids is 1. The topological polar surface area (TPSA) is 42.2 Å². The Morgan fingerprint density at radius 1 is 1.15 bits per heavy atom. The Bertz CT molecular complexity index is 590. The fourth-order valence-corrected chi connectivity index (χ4v) is 2.31. The summed E-state index contributed by atoms with van der Waals surface area (Å²) in [6, 6.07) is 8.86. The lowest BCUT2D eigenvalue weighted by Gasteiger charge is -2.22. The van der Waals surface area contributed by atoms with E-state index in [1.165, 1.54) is 6.26 Å². The van der Waals surface area contributed by atoms with E-state index in [2.05, 4.69) is 5.32 Å². The van der Waals surface area contributed by atoms with Crippen molar-refractivity contribution < 1.29 is 9.21 Å². The van der Waals surface area contributed by atoms with E-state index in [1.54, 1.807) is 6.07 Å². The molecule has 1 atom stereocenters. The molecule has 0 saturated carbocycles. The summed E-state index contributed by atoms with van der Waals surface area (Å²) < 4.78 is 4.94. The van der Waals surface area contributed by atoms with Crippen LogP contribution >= 0.6 is 23.2 Å². The highest BCUT2D eigenvalue weighted by Gasteiger charge is 2.21. The zero-order valence-corrected chi connectivity index (χ0v) is 12.7. The van der Waals surface area contributed by atoms with E-state index >= 15 is 0 Å². The van der Waals surface area contributed by atoms with Crippen molar-refractivity contribution in [1.82, 2.24) is 5.32 Å². The van der Waals surface area contributed by atoms with Crippen LogP contribution in [0.25, 0.3) is 0 Å². The van der Waals surface area contributed by atoms with E-state index in [9.17, 15) is 4.79 Å². The molecular weight excluding hydrogens is 297 g/mol. The van der Waals surface area contributed by atoms with Crippen molar-refractivity contribution in [3.8, 4) is 0 Å². The van der Waals surface area contributed by atoms with Crippen LogP contribution < -0.4 is 5.32 Å². The van der Waals surface area contributed by atoms with Crippen LogP contribution in [-0.2, 0) is 0 Å². The molecule has 3 nitrogen and oxygen atoms in total. The van der Waals surface area contributed by atoms with Crippen molar-refractivity contribution in [2.45, 2.75) is 19.9 Å². The summed E-state index contributed by atoms with van der Waals surface area (Å²) in [5.41, 5.74) is 1.34. The van der Waals surface area contributed by atoms with Gasteiger partial charge in [-0.1, -0.05) is 37.6 Å². The number of hydrogen-bond acceptors (Lipinski definition) is 2. The van der Waals surface area contributed by atoms with Gasteiger partial charge in [-0.3, -0.25) is 4.79 Å². The first-order valence-electron chi connectivity index (χ1n) is 6.28. The molecule has 1 heterocycles. The van der Waals surface area contributed by atoms with Crippen molar-refractivity contribution >= 4 is 29.1 Å². The van der Waals surface area contributed by atoms with Gasteiger partial charge < -0.3 is 9.73 Å². The van der Waals surface area contributed by atoms with Crippen molar-refractivity contribution in [2.24, 2.45) is 5.92 Å². The first-order valence-corrected chi connectivity index (χ1v) is 7.04. The maximum atomic E-state index is 12.2. The summed E-state index contributed by atoms with van der Waals surface area (Å²) in [6.45, 7) is 4.08. The summed E-state index contributed by atoms with van der Waals surface area (Å²) in [5, 5.41) is 3.73. The van der Waals surface area contributed by atoms with E-state index in [-0.39, 0.29) is 23.1 Å². The van der Waals surface area contributed by atoms with Crippen LogP contribution in [0.2, 0.25) is 10.2 Å². The number of nitrogens with one attached hydrogen (secondary N) is 1. The largest absolute Gasteiger partial charge is 0.452 e. The fraction of sp³-hybridized carbons (Fsp3) is 0.267. The molecule has 2 aromatic rings. The van der Waals surface area contributed by atoms with Gasteiger partial charge in [-0.2, -0.15) is 0 Å². The van der Waals surface area contributed by atoms with Crippen LogP contribution in [0.15, 0.2) is 41.0 Å². The van der Waals surface area contributed by atoms with Crippen LogP contribution in [0.5, 0.6) is 0 Å². The van der Waals surface area contributed by atoms with Gasteiger partial charge in [0.2, 0.25) is 5.22 Å². The molecule has 0 saturated heterocycles. The molecule has 5 heteroatoms. The molecule has 2 rings (SSSR count). The first-order chi connectivity index (χ1) is 9.49. The average Bonchev–Trinajstić information content (AvgIpc) is 2.83. The molecule has 0 aliphatic rings. The minimum absolute atomic E-state index is 0.0983. The molecular formula is C15H15Cl2NO2. The van der Waals surface area contributed by atoms with Gasteiger partial charge in [-0.15, -0.1) is 0 Å². The van der Waals surface area contributed by atoms with Crippen molar-refractivity contribution in [2.75, 3.05) is 0 Å². The number of benzene rings is 1. The van der Waals surface area contributed by atoms with E-state index in [4.69, 9.17) is 27.6 Å². The Hall–Kier alpha value is -1.45.